The minimum absolute atomic E-state index is 0.0320. The Kier molecular flexibility index (Phi) is 76.7. The van der Waals surface area contributed by atoms with E-state index in [-0.39, 0.29) is 31.9 Å². The lowest BCUT2D eigenvalue weighted by atomic mass is 9.79. The first-order valence-corrected chi connectivity index (χ1v) is 31.3. The van der Waals surface area contributed by atoms with Crippen LogP contribution in [0.3, 0.4) is 0 Å². The van der Waals surface area contributed by atoms with E-state index in [4.69, 9.17) is 32.2 Å². The number of halogens is 1. The number of aliphatic hydroxyl groups is 1. The fourth-order valence-corrected chi connectivity index (χ4v) is 7.40. The SMILES string of the molecule is CCC(CC)(CC(=O)O)C(=O)OC=O.CCCCCCCCCCCCCCCC=O.COC(=O)C(C)C=O.COC(=O)CCCCCC=O.Cc1ccc(CC=O)cc1.N#CC(C=O)c1ccc(Cl)cc1.O=CCCCCCC(=O)O.O=CCCCCO. The second-order valence-corrected chi connectivity index (χ2v) is 20.7. The van der Waals surface area contributed by atoms with E-state index < -0.39 is 41.1 Å². The molecule has 0 bridgehead atoms. The van der Waals surface area contributed by atoms with Crippen molar-refractivity contribution in [1.29, 1.82) is 5.26 Å². The zero-order valence-electron chi connectivity index (χ0n) is 54.2. The summed E-state index contributed by atoms with van der Waals surface area (Å²) in [6.07, 6.45) is 34.2. The number of aldehydes is 7. The van der Waals surface area contributed by atoms with Gasteiger partial charge >= 0.3 is 36.3 Å². The van der Waals surface area contributed by atoms with Gasteiger partial charge in [-0.25, -0.2) is 0 Å². The molecule has 2 unspecified atom stereocenters. The molecule has 0 fully saturated rings. The van der Waals surface area contributed by atoms with E-state index in [1.54, 1.807) is 38.1 Å². The minimum Gasteiger partial charge on any atom is -0.481 e. The van der Waals surface area contributed by atoms with Crippen molar-refractivity contribution >= 4 is 91.9 Å². The van der Waals surface area contributed by atoms with Crippen LogP contribution in [0.5, 0.6) is 0 Å². The van der Waals surface area contributed by atoms with Crippen LogP contribution in [-0.4, -0.2) is 116 Å². The fourth-order valence-electron chi connectivity index (χ4n) is 7.28. The van der Waals surface area contributed by atoms with E-state index >= 15 is 0 Å². The number of ether oxygens (including phenoxy) is 3. The van der Waals surface area contributed by atoms with Gasteiger partial charge in [0.05, 0.1) is 32.1 Å². The molecule has 0 saturated carbocycles. The van der Waals surface area contributed by atoms with Crippen molar-refractivity contribution in [3.63, 3.8) is 0 Å². The number of carboxylic acid groups (broad SMARTS) is 2. The van der Waals surface area contributed by atoms with E-state index in [0.717, 1.165) is 94.8 Å². The van der Waals surface area contributed by atoms with Crippen LogP contribution in [0.25, 0.3) is 0 Å². The molecule has 504 valence electrons. The van der Waals surface area contributed by atoms with Crippen LogP contribution in [-0.2, 0) is 83.0 Å². The van der Waals surface area contributed by atoms with Gasteiger partial charge in [0.25, 0.3) is 0 Å². The third-order valence-corrected chi connectivity index (χ3v) is 13.2. The maximum Gasteiger partial charge on any atom is 0.320 e. The molecule has 0 aliphatic heterocycles. The zero-order chi connectivity index (χ0) is 68.6. The quantitative estimate of drug-likeness (QED) is 0.0183. The molecule has 20 nitrogen and oxygen atoms in total. The number of methoxy groups -OCH3 is 2. The van der Waals surface area contributed by atoms with E-state index in [9.17, 15) is 62.3 Å². The number of unbranched alkanes of at least 4 members (excludes halogenated alkanes) is 21. The molecule has 2 atom stereocenters. The van der Waals surface area contributed by atoms with Gasteiger partial charge in [0.15, 0.2) is 0 Å². The van der Waals surface area contributed by atoms with Gasteiger partial charge in [-0.2, -0.15) is 5.26 Å². The highest BCUT2D eigenvalue weighted by molar-refractivity contribution is 6.30. The first kappa shape index (κ1) is 93.0. The van der Waals surface area contributed by atoms with Crippen LogP contribution in [0.4, 0.5) is 0 Å². The monoisotopic (exact) mass is 1280 g/mol. The van der Waals surface area contributed by atoms with Gasteiger partial charge in [-0.3, -0.25) is 28.8 Å². The van der Waals surface area contributed by atoms with Crippen LogP contribution in [0.1, 0.15) is 243 Å². The Bertz CT molecular complexity index is 2140. The lowest BCUT2D eigenvalue weighted by Gasteiger charge is -2.25. The van der Waals surface area contributed by atoms with Crippen molar-refractivity contribution in [2.24, 2.45) is 11.3 Å². The second kappa shape index (κ2) is 73.4. The molecule has 0 radical (unpaired) electrons. The largest absolute Gasteiger partial charge is 0.481 e. The molecule has 0 aromatic heterocycles. The number of nitriles is 1. The number of aryl methyl sites for hydroxylation is 1. The smallest absolute Gasteiger partial charge is 0.320 e. The summed E-state index contributed by atoms with van der Waals surface area (Å²) in [4.78, 5) is 132. The highest BCUT2D eigenvalue weighted by Crippen LogP contribution is 2.32. The number of esters is 3. The number of nitrogens with zero attached hydrogens (tertiary/aromatic N) is 1. The van der Waals surface area contributed by atoms with E-state index in [1.807, 2.05) is 37.3 Å². The maximum absolute atomic E-state index is 11.3. The fraction of sp³-hybridized carbons (Fsp3) is 0.618. The van der Waals surface area contributed by atoms with Gasteiger partial charge in [-0.15, -0.1) is 0 Å². The van der Waals surface area contributed by atoms with Crippen molar-refractivity contribution < 1.29 is 91.9 Å². The summed E-state index contributed by atoms with van der Waals surface area (Å²) in [7, 11) is 2.64. The van der Waals surface area contributed by atoms with Gasteiger partial charge in [-0.05, 0) is 94.9 Å². The molecular formula is C68H106ClNO19. The van der Waals surface area contributed by atoms with Crippen LogP contribution in [0.15, 0.2) is 48.5 Å². The van der Waals surface area contributed by atoms with Crippen LogP contribution >= 0.6 is 11.6 Å². The topological polar surface area (TPSA) is 334 Å². The molecule has 0 spiro atoms. The molecule has 0 saturated heterocycles. The summed E-state index contributed by atoms with van der Waals surface area (Å²) in [5.74, 6) is -4.55. The van der Waals surface area contributed by atoms with Crippen LogP contribution < -0.4 is 0 Å². The first-order chi connectivity index (χ1) is 42.7. The van der Waals surface area contributed by atoms with Crippen molar-refractivity contribution in [3.05, 3.63) is 70.2 Å². The number of aliphatic hydroxyl groups excluding tert-OH is 1. The molecule has 89 heavy (non-hydrogen) atoms. The van der Waals surface area contributed by atoms with Gasteiger partial charge in [0, 0.05) is 56.6 Å². The number of benzene rings is 2. The van der Waals surface area contributed by atoms with Gasteiger partial charge < -0.3 is 63.1 Å². The molecular weight excluding hydrogens is 1170 g/mol. The van der Waals surface area contributed by atoms with Crippen molar-refractivity contribution in [1.82, 2.24) is 0 Å². The molecule has 2 rings (SSSR count). The molecule has 0 amide bonds. The summed E-state index contributed by atoms with van der Waals surface area (Å²) in [5.41, 5.74) is 1.92. The number of carbonyl (C=O) groups is 13. The number of carboxylic acids is 2. The first-order valence-electron chi connectivity index (χ1n) is 30.9. The van der Waals surface area contributed by atoms with Gasteiger partial charge in [0.2, 0.25) is 0 Å². The molecule has 3 N–H and O–H groups in total. The third kappa shape index (κ3) is 68.2. The number of hydrogen-bond donors (Lipinski definition) is 3. The summed E-state index contributed by atoms with van der Waals surface area (Å²) < 4.78 is 12.9. The van der Waals surface area contributed by atoms with E-state index in [1.165, 1.54) is 104 Å². The predicted molar refractivity (Wildman–Crippen MR) is 343 cm³/mol. The molecule has 0 aliphatic carbocycles. The van der Waals surface area contributed by atoms with Crippen LogP contribution in [0.2, 0.25) is 5.02 Å². The average Bonchev–Trinajstić information content (AvgIpc) is 3.70. The Morgan fingerprint density at radius 2 is 0.989 bits per heavy atom. The standard InChI is InChI=1S/C16H32O.C9H6ClNO.C9H14O5.C9H10O.C8H14O3.C7H12O3.C5H8O3.C5H10O2/c1-2-3-4-5-6-7-8-9-10-11-12-13-14-15-16-17;10-9-3-1-7(2-4-9)8(5-11)6-12;1-3-9(4-2,5-7(11)12)8(13)14-6-10;1-8-2-4-9(5-3-8)6-7-10;1-11-8(10)6-4-2-3-5-7-9;8-6-4-2-1-3-5-7(9)10;1-4(3-6)5(7)8-2;6-4-2-1-3-5-7/h16H,2-15H2,1H3;1-4,6,8H;6H,3-5H2,1-2H3,(H,11,12);2-5,7H,6H2,1H3;7H,2-6H2,1H3;6H,1-5H2,(H,9,10);3-4H,1-2H3;4,7H,1-3,5H2. The summed E-state index contributed by atoms with van der Waals surface area (Å²) in [5, 5.41) is 34.1. The maximum atomic E-state index is 11.3. The predicted octanol–water partition coefficient (Wildman–Crippen LogP) is 13.4. The van der Waals surface area contributed by atoms with Crippen LogP contribution in [0, 0.1) is 29.6 Å². The molecule has 2 aromatic carbocycles. The molecule has 21 heteroatoms. The van der Waals surface area contributed by atoms with Crippen molar-refractivity contribution in [3.8, 4) is 6.07 Å². The third-order valence-electron chi connectivity index (χ3n) is 13.0. The normalized spacial score (nSPS) is 10.3. The lowest BCUT2D eigenvalue weighted by Crippen LogP contribution is -2.34. The highest BCUT2D eigenvalue weighted by atomic mass is 35.5. The Hall–Kier alpha value is -7.11. The number of rotatable bonds is 42. The Balaban J connectivity index is -0.000000224. The number of aliphatic carboxylic acids is 2. The zero-order valence-corrected chi connectivity index (χ0v) is 55.0. The second-order valence-electron chi connectivity index (χ2n) is 20.2. The summed E-state index contributed by atoms with van der Waals surface area (Å²) >= 11 is 5.63. The Morgan fingerprint density at radius 3 is 1.31 bits per heavy atom. The minimum atomic E-state index is -1.08. The number of hydrogen-bond acceptors (Lipinski definition) is 18. The number of carbonyl (C=O) groups excluding carboxylic acids is 11. The van der Waals surface area contributed by atoms with Crippen molar-refractivity contribution in [2.75, 3.05) is 20.8 Å². The van der Waals surface area contributed by atoms with E-state index in [0.29, 0.717) is 74.5 Å². The average molecular weight is 1280 g/mol. The molecule has 0 aliphatic rings. The summed E-state index contributed by atoms with van der Waals surface area (Å²) in [6.45, 7) is 9.41. The Morgan fingerprint density at radius 1 is 0.562 bits per heavy atom. The van der Waals surface area contributed by atoms with Gasteiger partial charge in [0.1, 0.15) is 55.8 Å². The van der Waals surface area contributed by atoms with Crippen molar-refractivity contribution in [2.45, 2.75) is 240 Å². The highest BCUT2D eigenvalue weighted by Gasteiger charge is 2.39. The molecule has 0 heterocycles. The molecule has 2 aromatic rings. The Labute approximate surface area is 534 Å². The van der Waals surface area contributed by atoms with Gasteiger partial charge in [-0.1, -0.05) is 164 Å². The van der Waals surface area contributed by atoms with E-state index in [2.05, 4.69) is 21.1 Å². The lowest BCUT2D eigenvalue weighted by molar-refractivity contribution is -0.165. The summed E-state index contributed by atoms with van der Waals surface area (Å²) in [6, 6.07) is 16.5.